The van der Waals surface area contributed by atoms with Crippen LogP contribution in [0, 0.1) is 0 Å². The molecule has 0 aliphatic rings. The van der Waals surface area contributed by atoms with E-state index in [-0.39, 0.29) is 16.2 Å². The number of benzene rings is 2. The van der Waals surface area contributed by atoms with Crippen LogP contribution in [0.5, 0.6) is 11.5 Å². The lowest BCUT2D eigenvalue weighted by Crippen LogP contribution is -2.03. The first-order chi connectivity index (χ1) is 11.6. The zero-order chi connectivity index (χ0) is 16.9. The highest BCUT2D eigenvalue weighted by Gasteiger charge is 2.10. The van der Waals surface area contributed by atoms with Gasteiger partial charge in [-0.05, 0) is 23.8 Å². The standard InChI is InChI=1S/C19H12Cl2O3/c20-15-7-4-8-17(19(15)21)24-18-12-23-14(11-16(18)22)10-9-13-5-2-1-3-6-13/h1-12H/b10-9+. The van der Waals surface area contributed by atoms with Crippen LogP contribution in [0.1, 0.15) is 11.3 Å². The second-order valence-corrected chi connectivity index (χ2v) is 5.69. The summed E-state index contributed by atoms with van der Waals surface area (Å²) in [7, 11) is 0. The van der Waals surface area contributed by atoms with E-state index >= 15 is 0 Å². The molecule has 3 aromatic rings. The fraction of sp³-hybridized carbons (Fsp3) is 0. The van der Waals surface area contributed by atoms with Gasteiger partial charge in [-0.15, -0.1) is 0 Å². The average molecular weight is 359 g/mol. The lowest BCUT2D eigenvalue weighted by Gasteiger charge is -2.07. The SMILES string of the molecule is O=c1cc(/C=C/c2ccccc2)occ1Oc1cccc(Cl)c1Cl. The second-order valence-electron chi connectivity index (χ2n) is 4.91. The third-order valence-electron chi connectivity index (χ3n) is 3.19. The van der Waals surface area contributed by atoms with Crippen LogP contribution in [-0.2, 0) is 0 Å². The summed E-state index contributed by atoms with van der Waals surface area (Å²) in [5.41, 5.74) is 0.691. The van der Waals surface area contributed by atoms with Crippen molar-refractivity contribution in [2.45, 2.75) is 0 Å². The van der Waals surface area contributed by atoms with E-state index in [1.54, 1.807) is 24.3 Å². The van der Waals surface area contributed by atoms with Crippen molar-refractivity contribution in [3.8, 4) is 11.5 Å². The summed E-state index contributed by atoms with van der Waals surface area (Å²) in [4.78, 5) is 12.2. The molecule has 0 spiro atoms. The summed E-state index contributed by atoms with van der Waals surface area (Å²) in [6, 6.07) is 16.0. The fourth-order valence-electron chi connectivity index (χ4n) is 2.00. The van der Waals surface area contributed by atoms with Crippen LogP contribution in [0.3, 0.4) is 0 Å². The normalized spacial score (nSPS) is 10.9. The maximum absolute atomic E-state index is 12.2. The minimum Gasteiger partial charge on any atom is -0.461 e. The quantitative estimate of drug-likeness (QED) is 0.581. The van der Waals surface area contributed by atoms with Crippen molar-refractivity contribution in [1.82, 2.24) is 0 Å². The highest BCUT2D eigenvalue weighted by atomic mass is 35.5. The van der Waals surface area contributed by atoms with Crippen LogP contribution in [0.4, 0.5) is 0 Å². The first-order valence-electron chi connectivity index (χ1n) is 7.11. The van der Waals surface area contributed by atoms with E-state index in [2.05, 4.69) is 0 Å². The van der Waals surface area contributed by atoms with Crippen molar-refractivity contribution in [1.29, 1.82) is 0 Å². The lowest BCUT2D eigenvalue weighted by atomic mass is 10.2. The molecule has 0 saturated heterocycles. The van der Waals surface area contributed by atoms with Crippen LogP contribution in [0.25, 0.3) is 12.2 Å². The first-order valence-corrected chi connectivity index (χ1v) is 7.87. The summed E-state index contributed by atoms with van der Waals surface area (Å²) in [6.07, 6.45) is 4.82. The zero-order valence-corrected chi connectivity index (χ0v) is 13.9. The van der Waals surface area contributed by atoms with Crippen LogP contribution >= 0.6 is 23.2 Å². The van der Waals surface area contributed by atoms with Gasteiger partial charge in [-0.25, -0.2) is 0 Å². The maximum Gasteiger partial charge on any atom is 0.227 e. The summed E-state index contributed by atoms with van der Waals surface area (Å²) in [5.74, 6) is 0.758. The predicted octanol–water partition coefficient (Wildman–Crippen LogP) is 5.91. The Labute approximate surface area is 148 Å². The molecule has 2 aromatic carbocycles. The Morgan fingerprint density at radius 1 is 0.917 bits per heavy atom. The Morgan fingerprint density at radius 2 is 1.71 bits per heavy atom. The maximum atomic E-state index is 12.2. The molecule has 0 fully saturated rings. The van der Waals surface area contributed by atoms with Crippen molar-refractivity contribution in [3.63, 3.8) is 0 Å². The van der Waals surface area contributed by atoms with Crippen molar-refractivity contribution >= 4 is 35.4 Å². The molecule has 0 saturated carbocycles. The minimum atomic E-state index is -0.315. The minimum absolute atomic E-state index is 0.0380. The highest BCUT2D eigenvalue weighted by Crippen LogP contribution is 2.33. The van der Waals surface area contributed by atoms with Gasteiger partial charge in [0.25, 0.3) is 0 Å². The molecule has 0 bridgehead atoms. The first kappa shape index (κ1) is 16.4. The molecule has 0 aliphatic carbocycles. The molecule has 0 radical (unpaired) electrons. The predicted molar refractivity (Wildman–Crippen MR) is 96.9 cm³/mol. The van der Waals surface area contributed by atoms with E-state index < -0.39 is 0 Å². The lowest BCUT2D eigenvalue weighted by molar-refractivity contribution is 0.436. The van der Waals surface area contributed by atoms with Crippen LogP contribution in [-0.4, -0.2) is 0 Å². The van der Waals surface area contributed by atoms with Crippen LogP contribution < -0.4 is 10.2 Å². The number of rotatable bonds is 4. The molecule has 0 amide bonds. The van der Waals surface area contributed by atoms with Gasteiger partial charge in [-0.3, -0.25) is 4.79 Å². The molecule has 0 atom stereocenters. The number of hydrogen-bond acceptors (Lipinski definition) is 3. The fourth-order valence-corrected chi connectivity index (χ4v) is 2.33. The van der Waals surface area contributed by atoms with Gasteiger partial charge >= 0.3 is 0 Å². The average Bonchev–Trinajstić information content (AvgIpc) is 2.60. The number of halogens is 2. The molecule has 1 heterocycles. The molecular formula is C19H12Cl2O3. The molecule has 3 rings (SSSR count). The number of hydrogen-bond donors (Lipinski definition) is 0. The van der Waals surface area contributed by atoms with E-state index in [4.69, 9.17) is 32.4 Å². The van der Waals surface area contributed by atoms with E-state index in [0.717, 1.165) is 5.56 Å². The highest BCUT2D eigenvalue weighted by molar-refractivity contribution is 6.42. The summed E-state index contributed by atoms with van der Waals surface area (Å²) in [6.45, 7) is 0. The Balaban J connectivity index is 1.81. The molecule has 0 aliphatic heterocycles. The van der Waals surface area contributed by atoms with Crippen molar-refractivity contribution in [2.75, 3.05) is 0 Å². The topological polar surface area (TPSA) is 39.4 Å². The largest absolute Gasteiger partial charge is 0.461 e. The monoisotopic (exact) mass is 358 g/mol. The smallest absolute Gasteiger partial charge is 0.227 e. The molecule has 1 aromatic heterocycles. The molecular weight excluding hydrogens is 347 g/mol. The summed E-state index contributed by atoms with van der Waals surface area (Å²) >= 11 is 12.0. The van der Waals surface area contributed by atoms with Gasteiger partial charge in [-0.2, -0.15) is 0 Å². The van der Waals surface area contributed by atoms with Crippen molar-refractivity contribution in [3.05, 3.63) is 92.5 Å². The molecule has 0 N–H and O–H groups in total. The van der Waals surface area contributed by atoms with Crippen molar-refractivity contribution in [2.24, 2.45) is 0 Å². The second kappa shape index (κ2) is 7.39. The Hall–Kier alpha value is -2.49. The van der Waals surface area contributed by atoms with E-state index in [1.807, 2.05) is 36.4 Å². The molecule has 24 heavy (non-hydrogen) atoms. The third-order valence-corrected chi connectivity index (χ3v) is 4.00. The Morgan fingerprint density at radius 3 is 2.46 bits per heavy atom. The van der Waals surface area contributed by atoms with Gasteiger partial charge in [0.15, 0.2) is 0 Å². The van der Waals surface area contributed by atoms with Crippen LogP contribution in [0.2, 0.25) is 10.0 Å². The van der Waals surface area contributed by atoms with Crippen molar-refractivity contribution < 1.29 is 9.15 Å². The van der Waals surface area contributed by atoms with Gasteiger partial charge in [0.2, 0.25) is 11.2 Å². The Bertz CT molecular complexity index is 931. The number of ether oxygens (including phenoxy) is 1. The van der Waals surface area contributed by atoms with Gasteiger partial charge in [-0.1, -0.05) is 65.7 Å². The molecule has 5 heteroatoms. The van der Waals surface area contributed by atoms with E-state index in [9.17, 15) is 4.79 Å². The Kier molecular flexibility index (Phi) is 5.04. The zero-order valence-electron chi connectivity index (χ0n) is 12.4. The molecule has 120 valence electrons. The van der Waals surface area contributed by atoms with Crippen LogP contribution in [0.15, 0.2) is 70.1 Å². The van der Waals surface area contributed by atoms with Gasteiger partial charge < -0.3 is 9.15 Å². The third kappa shape index (κ3) is 3.88. The van der Waals surface area contributed by atoms with Gasteiger partial charge in [0.05, 0.1) is 5.02 Å². The molecule has 0 unspecified atom stereocenters. The van der Waals surface area contributed by atoms with Gasteiger partial charge in [0, 0.05) is 6.07 Å². The van der Waals surface area contributed by atoms with E-state index in [1.165, 1.54) is 12.3 Å². The summed E-state index contributed by atoms with van der Waals surface area (Å²) < 4.78 is 10.9. The summed E-state index contributed by atoms with van der Waals surface area (Å²) in [5, 5.41) is 0.590. The molecule has 3 nitrogen and oxygen atoms in total. The van der Waals surface area contributed by atoms with Gasteiger partial charge in [0.1, 0.15) is 22.8 Å². The van der Waals surface area contributed by atoms with E-state index in [0.29, 0.717) is 16.5 Å².